The summed E-state index contributed by atoms with van der Waals surface area (Å²) in [5.41, 5.74) is -3.81. The Labute approximate surface area is 107 Å². The quantitative estimate of drug-likeness (QED) is 0.645. The Bertz CT molecular complexity index is 415. The Morgan fingerprint density at radius 2 is 1.11 bits per heavy atom. The minimum Gasteiger partial charge on any atom is -0.381 e. The van der Waals surface area contributed by atoms with Crippen LogP contribution in [0.5, 0.6) is 0 Å². The molecule has 92 valence electrons. The van der Waals surface area contributed by atoms with Gasteiger partial charge in [0.1, 0.15) is 0 Å². The first-order valence-corrected chi connectivity index (χ1v) is 5.72. The van der Waals surface area contributed by atoms with Crippen molar-refractivity contribution in [3.63, 3.8) is 0 Å². The van der Waals surface area contributed by atoms with Crippen molar-refractivity contribution in [3.8, 4) is 24.3 Å². The van der Waals surface area contributed by atoms with Crippen LogP contribution in [0.25, 0.3) is 0 Å². The fourth-order valence-electron chi connectivity index (χ4n) is 2.33. The first-order valence-electron chi connectivity index (χ1n) is 5.72. The van der Waals surface area contributed by atoms with Gasteiger partial charge in [-0.25, -0.2) is 0 Å². The predicted octanol–water partition coefficient (Wildman–Crippen LogP) is 1.89. The zero-order chi connectivity index (χ0) is 13.9. The lowest BCUT2D eigenvalue weighted by molar-refractivity contribution is 0.198. The maximum atomic E-state index is 8.82. The Balaban J connectivity index is 0.000000269. The largest absolute Gasteiger partial charge is 0.381 e. The van der Waals surface area contributed by atoms with Gasteiger partial charge in [0.15, 0.2) is 10.8 Å². The molecule has 0 aromatic rings. The number of ether oxygens (including phenoxy) is 1. The van der Waals surface area contributed by atoms with Crippen LogP contribution in [0.15, 0.2) is 0 Å². The Morgan fingerprint density at radius 3 is 1.22 bits per heavy atom. The van der Waals surface area contributed by atoms with Gasteiger partial charge in [-0.05, 0) is 12.8 Å². The third kappa shape index (κ3) is 1.46. The van der Waals surface area contributed by atoms with Crippen molar-refractivity contribution in [2.24, 2.45) is 16.2 Å². The van der Waals surface area contributed by atoms with E-state index >= 15 is 0 Å². The lowest BCUT2D eigenvalue weighted by Crippen LogP contribution is -2.05. The Morgan fingerprint density at radius 1 is 0.778 bits per heavy atom. The van der Waals surface area contributed by atoms with Crippen LogP contribution < -0.4 is 0 Å². The van der Waals surface area contributed by atoms with E-state index in [9.17, 15) is 0 Å². The van der Waals surface area contributed by atoms with Crippen molar-refractivity contribution in [1.82, 2.24) is 0 Å². The SMILES string of the molecule is C1CCOC1.CC1(C)C(C#N)(C#N)C1(C#N)C#N. The minimum absolute atomic E-state index is 0.868. The molecule has 0 aromatic heterocycles. The van der Waals surface area contributed by atoms with E-state index in [2.05, 4.69) is 0 Å². The third-order valence-corrected chi connectivity index (χ3v) is 3.87. The summed E-state index contributed by atoms with van der Waals surface area (Å²) >= 11 is 0. The van der Waals surface area contributed by atoms with Crippen LogP contribution in [0.2, 0.25) is 0 Å². The molecule has 0 N–H and O–H groups in total. The highest BCUT2D eigenvalue weighted by Gasteiger charge is 2.87. The highest BCUT2D eigenvalue weighted by atomic mass is 16.5. The summed E-state index contributed by atoms with van der Waals surface area (Å²) in [5, 5.41) is 35.3. The van der Waals surface area contributed by atoms with E-state index in [0.717, 1.165) is 13.2 Å². The lowest BCUT2D eigenvalue weighted by atomic mass is 9.98. The predicted molar refractivity (Wildman–Crippen MR) is 61.2 cm³/mol. The van der Waals surface area contributed by atoms with Crippen LogP contribution in [0, 0.1) is 61.6 Å². The molecule has 5 heteroatoms. The monoisotopic (exact) mass is 242 g/mol. The summed E-state index contributed by atoms with van der Waals surface area (Å²) < 4.78 is 4.94. The number of rotatable bonds is 0. The average molecular weight is 242 g/mol. The maximum absolute atomic E-state index is 8.82. The van der Waals surface area contributed by atoms with Crippen LogP contribution in [-0.4, -0.2) is 13.2 Å². The molecule has 2 rings (SSSR count). The summed E-state index contributed by atoms with van der Waals surface area (Å²) in [6, 6.07) is 7.12. The van der Waals surface area contributed by atoms with Crippen LogP contribution >= 0.6 is 0 Å². The van der Waals surface area contributed by atoms with Crippen molar-refractivity contribution >= 4 is 0 Å². The molecule has 0 bridgehead atoms. The molecule has 1 aliphatic carbocycles. The smallest absolute Gasteiger partial charge is 0.183 e. The molecule has 1 saturated carbocycles. The van der Waals surface area contributed by atoms with Gasteiger partial charge in [-0.15, -0.1) is 0 Å². The number of hydrogen-bond donors (Lipinski definition) is 0. The van der Waals surface area contributed by atoms with Crippen molar-refractivity contribution in [1.29, 1.82) is 21.0 Å². The van der Waals surface area contributed by atoms with Crippen molar-refractivity contribution < 1.29 is 4.74 Å². The van der Waals surface area contributed by atoms with Gasteiger partial charge in [0, 0.05) is 18.6 Å². The highest BCUT2D eigenvalue weighted by Crippen LogP contribution is 2.76. The second-order valence-corrected chi connectivity index (χ2v) is 4.89. The number of nitrogens with zero attached hydrogens (tertiary/aromatic N) is 4. The van der Waals surface area contributed by atoms with E-state index in [1.807, 2.05) is 0 Å². The van der Waals surface area contributed by atoms with Crippen LogP contribution in [-0.2, 0) is 4.74 Å². The van der Waals surface area contributed by atoms with Gasteiger partial charge < -0.3 is 4.74 Å². The zero-order valence-electron chi connectivity index (χ0n) is 10.5. The molecule has 2 aliphatic rings. The topological polar surface area (TPSA) is 104 Å². The highest BCUT2D eigenvalue weighted by molar-refractivity contribution is 5.54. The zero-order valence-corrected chi connectivity index (χ0v) is 10.5. The molecule has 2 fully saturated rings. The molecule has 18 heavy (non-hydrogen) atoms. The van der Waals surface area contributed by atoms with Gasteiger partial charge in [-0.1, -0.05) is 13.8 Å². The summed E-state index contributed by atoms with van der Waals surface area (Å²) in [6.45, 7) is 5.18. The van der Waals surface area contributed by atoms with Gasteiger partial charge in [-0.3, -0.25) is 0 Å². The van der Waals surface area contributed by atoms with E-state index in [1.165, 1.54) is 12.8 Å². The van der Waals surface area contributed by atoms with E-state index in [1.54, 1.807) is 38.1 Å². The summed E-state index contributed by atoms with van der Waals surface area (Å²) in [6.07, 6.45) is 2.56. The molecule has 0 atom stereocenters. The van der Waals surface area contributed by atoms with Crippen LogP contribution in [0.1, 0.15) is 26.7 Å². The normalized spacial score (nSPS) is 24.1. The van der Waals surface area contributed by atoms with Gasteiger partial charge in [0.2, 0.25) is 0 Å². The number of nitriles is 4. The second kappa shape index (κ2) is 4.66. The molecule has 0 amide bonds. The van der Waals surface area contributed by atoms with E-state index < -0.39 is 16.2 Å². The van der Waals surface area contributed by atoms with E-state index in [4.69, 9.17) is 25.8 Å². The average Bonchev–Trinajstić information content (AvgIpc) is 2.80. The van der Waals surface area contributed by atoms with Gasteiger partial charge >= 0.3 is 0 Å². The standard InChI is InChI=1S/C9H6N4.C4H8O/c1-7(2)8(3-10,4-11)9(7,5-12)6-13;1-2-4-5-3-1/h1-2H3;1-4H2. The molecule has 0 spiro atoms. The summed E-state index contributed by atoms with van der Waals surface area (Å²) in [4.78, 5) is 0. The van der Waals surface area contributed by atoms with Crippen LogP contribution in [0.3, 0.4) is 0 Å². The molecule has 1 aliphatic heterocycles. The van der Waals surface area contributed by atoms with Crippen molar-refractivity contribution in [3.05, 3.63) is 0 Å². The number of hydrogen-bond acceptors (Lipinski definition) is 5. The van der Waals surface area contributed by atoms with Crippen molar-refractivity contribution in [2.45, 2.75) is 26.7 Å². The van der Waals surface area contributed by atoms with Crippen molar-refractivity contribution in [2.75, 3.05) is 13.2 Å². The van der Waals surface area contributed by atoms with Crippen LogP contribution in [0.4, 0.5) is 0 Å². The molecule has 0 radical (unpaired) electrons. The molecule has 0 aromatic carbocycles. The second-order valence-electron chi connectivity index (χ2n) is 4.89. The van der Waals surface area contributed by atoms with E-state index in [-0.39, 0.29) is 0 Å². The summed E-state index contributed by atoms with van der Waals surface area (Å²) in [7, 11) is 0. The fourth-order valence-corrected chi connectivity index (χ4v) is 2.33. The lowest BCUT2D eigenvalue weighted by Gasteiger charge is -1.97. The molecule has 5 nitrogen and oxygen atoms in total. The Kier molecular flexibility index (Phi) is 3.62. The molecule has 1 saturated heterocycles. The third-order valence-electron chi connectivity index (χ3n) is 3.87. The summed E-state index contributed by atoms with van der Waals surface area (Å²) in [5.74, 6) is 0. The molecule has 0 unspecified atom stereocenters. The molecular weight excluding hydrogens is 228 g/mol. The first kappa shape index (κ1) is 14.0. The Hall–Kier alpha value is -2.08. The molecule has 1 heterocycles. The minimum atomic E-state index is -1.47. The fraction of sp³-hybridized carbons (Fsp3) is 0.692. The van der Waals surface area contributed by atoms with Gasteiger partial charge in [0.05, 0.1) is 24.3 Å². The van der Waals surface area contributed by atoms with Gasteiger partial charge in [0.25, 0.3) is 0 Å². The maximum Gasteiger partial charge on any atom is 0.183 e. The van der Waals surface area contributed by atoms with E-state index in [0.29, 0.717) is 0 Å². The van der Waals surface area contributed by atoms with Gasteiger partial charge in [-0.2, -0.15) is 21.0 Å². The first-order chi connectivity index (χ1) is 8.49. The molecular formula is C13H14N4O.